The fourth-order valence-corrected chi connectivity index (χ4v) is 2.08. The fourth-order valence-electron chi connectivity index (χ4n) is 2.08. The summed E-state index contributed by atoms with van der Waals surface area (Å²) in [5.41, 5.74) is 0.356. The third kappa shape index (κ3) is 4.05. The second-order valence-corrected chi connectivity index (χ2v) is 5.17. The summed E-state index contributed by atoms with van der Waals surface area (Å²) in [6, 6.07) is 6.01. The molecule has 0 saturated heterocycles. The Bertz CT molecular complexity index is 479. The third-order valence-electron chi connectivity index (χ3n) is 2.94. The molecule has 1 aromatic carbocycles. The lowest BCUT2D eigenvalue weighted by Crippen LogP contribution is -2.49. The normalized spacial score (nSPS) is 10.8. The van der Waals surface area contributed by atoms with Gasteiger partial charge in [0.15, 0.2) is 0 Å². The van der Waals surface area contributed by atoms with Crippen molar-refractivity contribution in [2.75, 3.05) is 0 Å². The van der Waals surface area contributed by atoms with Crippen LogP contribution in [0.25, 0.3) is 0 Å². The summed E-state index contributed by atoms with van der Waals surface area (Å²) in [6.45, 7) is 7.40. The Labute approximate surface area is 119 Å². The van der Waals surface area contributed by atoms with E-state index in [9.17, 15) is 14.0 Å². The minimum absolute atomic E-state index is 0.00127. The van der Waals surface area contributed by atoms with Gasteiger partial charge in [-0.25, -0.2) is 4.39 Å². The van der Waals surface area contributed by atoms with Crippen molar-refractivity contribution in [1.29, 1.82) is 0 Å². The summed E-state index contributed by atoms with van der Waals surface area (Å²) in [5.74, 6) is -1.70. The van der Waals surface area contributed by atoms with Crippen LogP contribution < -0.4 is 5.32 Å². The van der Waals surface area contributed by atoms with E-state index in [0.29, 0.717) is 5.56 Å². The molecule has 0 aliphatic carbocycles. The maximum atomic E-state index is 13.4. The van der Waals surface area contributed by atoms with Crippen molar-refractivity contribution in [3.8, 4) is 0 Å². The van der Waals surface area contributed by atoms with Gasteiger partial charge in [0, 0.05) is 24.2 Å². The summed E-state index contributed by atoms with van der Waals surface area (Å²) in [6.07, 6.45) is 0. The van der Waals surface area contributed by atoms with Crippen LogP contribution in [0, 0.1) is 5.82 Å². The van der Waals surface area contributed by atoms with E-state index < -0.39 is 17.6 Å². The molecule has 20 heavy (non-hydrogen) atoms. The van der Waals surface area contributed by atoms with E-state index in [0.717, 1.165) is 0 Å². The first kappa shape index (κ1) is 16.1. The summed E-state index contributed by atoms with van der Waals surface area (Å²) in [4.78, 5) is 25.4. The Morgan fingerprint density at radius 1 is 1.15 bits per heavy atom. The van der Waals surface area contributed by atoms with Gasteiger partial charge in [0.2, 0.25) is 0 Å². The van der Waals surface area contributed by atoms with Crippen molar-refractivity contribution >= 4 is 11.8 Å². The molecule has 0 unspecified atom stereocenters. The quantitative estimate of drug-likeness (QED) is 0.859. The highest BCUT2D eigenvalue weighted by Crippen LogP contribution is 2.07. The van der Waals surface area contributed by atoms with Gasteiger partial charge in [-0.3, -0.25) is 9.59 Å². The maximum absolute atomic E-state index is 13.4. The molecule has 110 valence electrons. The first-order valence-corrected chi connectivity index (χ1v) is 6.68. The molecule has 0 aliphatic heterocycles. The molecule has 2 amide bonds. The number of halogens is 1. The molecule has 0 bridgehead atoms. The molecule has 5 heteroatoms. The molecule has 0 aliphatic rings. The van der Waals surface area contributed by atoms with Gasteiger partial charge in [0.25, 0.3) is 0 Å². The van der Waals surface area contributed by atoms with Crippen LogP contribution in [0.15, 0.2) is 24.3 Å². The van der Waals surface area contributed by atoms with E-state index in [4.69, 9.17) is 0 Å². The summed E-state index contributed by atoms with van der Waals surface area (Å²) in [7, 11) is 0. The van der Waals surface area contributed by atoms with E-state index >= 15 is 0 Å². The Kier molecular flexibility index (Phi) is 5.67. The van der Waals surface area contributed by atoms with Gasteiger partial charge in [-0.1, -0.05) is 18.2 Å². The number of carbonyl (C=O) groups excluding carboxylic acids is 2. The van der Waals surface area contributed by atoms with E-state index in [-0.39, 0.29) is 18.6 Å². The maximum Gasteiger partial charge on any atom is 0.312 e. The molecule has 0 spiro atoms. The van der Waals surface area contributed by atoms with E-state index in [1.54, 1.807) is 18.2 Å². The van der Waals surface area contributed by atoms with Crippen LogP contribution in [0.2, 0.25) is 0 Å². The molecule has 1 N–H and O–H groups in total. The predicted molar refractivity (Wildman–Crippen MR) is 75.4 cm³/mol. The number of amides is 2. The largest absolute Gasteiger partial charge is 0.344 e. The third-order valence-corrected chi connectivity index (χ3v) is 2.94. The minimum Gasteiger partial charge on any atom is -0.344 e. The van der Waals surface area contributed by atoms with Crippen LogP contribution in [0.1, 0.15) is 33.3 Å². The minimum atomic E-state index is -0.712. The SMILES string of the molecule is CC(C)N(C(=O)C(=O)NCc1ccccc1F)C(C)C. The Morgan fingerprint density at radius 2 is 1.70 bits per heavy atom. The second-order valence-electron chi connectivity index (χ2n) is 5.17. The second kappa shape index (κ2) is 7.03. The lowest BCUT2D eigenvalue weighted by molar-refractivity contribution is -0.148. The highest BCUT2D eigenvalue weighted by atomic mass is 19.1. The number of hydrogen-bond donors (Lipinski definition) is 1. The van der Waals surface area contributed by atoms with Crippen molar-refractivity contribution in [1.82, 2.24) is 10.2 Å². The van der Waals surface area contributed by atoms with Crippen LogP contribution in [0.5, 0.6) is 0 Å². The van der Waals surface area contributed by atoms with Gasteiger partial charge >= 0.3 is 11.8 Å². The van der Waals surface area contributed by atoms with Gasteiger partial charge in [-0.2, -0.15) is 0 Å². The van der Waals surface area contributed by atoms with Crippen LogP contribution in [0.3, 0.4) is 0 Å². The highest BCUT2D eigenvalue weighted by Gasteiger charge is 2.26. The summed E-state index contributed by atoms with van der Waals surface area (Å²) in [5, 5.41) is 2.46. The van der Waals surface area contributed by atoms with Crippen molar-refractivity contribution in [3.05, 3.63) is 35.6 Å². The first-order chi connectivity index (χ1) is 9.34. The molecule has 4 nitrogen and oxygen atoms in total. The number of carbonyl (C=O) groups is 2. The summed E-state index contributed by atoms with van der Waals surface area (Å²) >= 11 is 0. The number of hydrogen-bond acceptors (Lipinski definition) is 2. The topological polar surface area (TPSA) is 49.4 Å². The molecular weight excluding hydrogens is 259 g/mol. The molecule has 0 atom stereocenters. The molecule has 1 rings (SSSR count). The molecule has 0 aromatic heterocycles. The Hall–Kier alpha value is -1.91. The molecule has 0 fully saturated rings. The monoisotopic (exact) mass is 280 g/mol. The van der Waals surface area contributed by atoms with Crippen LogP contribution in [-0.2, 0) is 16.1 Å². The van der Waals surface area contributed by atoms with E-state index in [2.05, 4.69) is 5.32 Å². The predicted octanol–water partition coefficient (Wildman–Crippen LogP) is 2.09. The van der Waals surface area contributed by atoms with E-state index in [1.165, 1.54) is 11.0 Å². The lowest BCUT2D eigenvalue weighted by Gasteiger charge is -2.29. The molecular formula is C15H21FN2O2. The zero-order valence-electron chi connectivity index (χ0n) is 12.3. The van der Waals surface area contributed by atoms with Crippen molar-refractivity contribution in [2.45, 2.75) is 46.3 Å². The summed E-state index contributed by atoms with van der Waals surface area (Å²) < 4.78 is 13.4. The van der Waals surface area contributed by atoms with Crippen LogP contribution in [0.4, 0.5) is 4.39 Å². The lowest BCUT2D eigenvalue weighted by atomic mass is 10.2. The fraction of sp³-hybridized carbons (Fsp3) is 0.467. The zero-order chi connectivity index (χ0) is 15.3. The van der Waals surface area contributed by atoms with Crippen molar-refractivity contribution in [3.63, 3.8) is 0 Å². The van der Waals surface area contributed by atoms with E-state index in [1.807, 2.05) is 27.7 Å². The standard InChI is InChI=1S/C15H21FN2O2/c1-10(2)18(11(3)4)15(20)14(19)17-9-12-7-5-6-8-13(12)16/h5-8,10-11H,9H2,1-4H3,(H,17,19). The Balaban J connectivity index is 2.67. The number of rotatable bonds is 4. The van der Waals surface area contributed by atoms with Gasteiger partial charge < -0.3 is 10.2 Å². The number of nitrogens with zero attached hydrogens (tertiary/aromatic N) is 1. The van der Waals surface area contributed by atoms with Crippen molar-refractivity contribution < 1.29 is 14.0 Å². The number of benzene rings is 1. The van der Waals surface area contributed by atoms with Gasteiger partial charge in [0.1, 0.15) is 5.82 Å². The highest BCUT2D eigenvalue weighted by molar-refractivity contribution is 6.35. The Morgan fingerprint density at radius 3 is 2.20 bits per heavy atom. The average molecular weight is 280 g/mol. The van der Waals surface area contributed by atoms with Gasteiger partial charge in [0.05, 0.1) is 0 Å². The molecule has 0 heterocycles. The van der Waals surface area contributed by atoms with Gasteiger partial charge in [-0.05, 0) is 33.8 Å². The first-order valence-electron chi connectivity index (χ1n) is 6.68. The smallest absolute Gasteiger partial charge is 0.312 e. The number of nitrogens with one attached hydrogen (secondary N) is 1. The molecule has 1 aromatic rings. The van der Waals surface area contributed by atoms with Crippen LogP contribution in [-0.4, -0.2) is 28.8 Å². The van der Waals surface area contributed by atoms with Crippen LogP contribution >= 0.6 is 0 Å². The average Bonchev–Trinajstić information content (AvgIpc) is 2.36. The zero-order valence-corrected chi connectivity index (χ0v) is 12.3. The van der Waals surface area contributed by atoms with Crippen molar-refractivity contribution in [2.24, 2.45) is 0 Å². The molecule has 0 saturated carbocycles. The van der Waals surface area contributed by atoms with Gasteiger partial charge in [-0.15, -0.1) is 0 Å². The molecule has 0 radical (unpaired) electrons.